The summed E-state index contributed by atoms with van der Waals surface area (Å²) >= 11 is 3.39. The molecule has 1 heterocycles. The quantitative estimate of drug-likeness (QED) is 0.827. The largest absolute Gasteiger partial charge is 0.372 e. The van der Waals surface area contributed by atoms with Crippen LogP contribution >= 0.6 is 15.9 Å². The fraction of sp³-hybridized carbons (Fsp3) is 0.316. The standard InChI is InChI=1S/C19H21BrN2O/c1-14-9-11-22(12-10-14)18-7-5-17(6-8-18)21-19(23)15-3-2-4-16(20)13-15/h2-8,13-14H,9-12H2,1H3,(H,21,23). The Labute approximate surface area is 145 Å². The highest BCUT2D eigenvalue weighted by Crippen LogP contribution is 2.24. The van der Waals surface area contributed by atoms with Crippen LogP contribution in [0.25, 0.3) is 0 Å². The first-order valence-corrected chi connectivity index (χ1v) is 8.83. The molecule has 1 saturated heterocycles. The third kappa shape index (κ3) is 4.14. The van der Waals surface area contributed by atoms with E-state index in [0.717, 1.165) is 29.2 Å². The minimum atomic E-state index is -0.0918. The monoisotopic (exact) mass is 372 g/mol. The van der Waals surface area contributed by atoms with Crippen LogP contribution in [0.5, 0.6) is 0 Å². The number of hydrogen-bond acceptors (Lipinski definition) is 2. The highest BCUT2D eigenvalue weighted by Gasteiger charge is 2.16. The van der Waals surface area contributed by atoms with Crippen LogP contribution in [-0.4, -0.2) is 19.0 Å². The van der Waals surface area contributed by atoms with Gasteiger partial charge in [0.2, 0.25) is 0 Å². The van der Waals surface area contributed by atoms with Gasteiger partial charge in [0.15, 0.2) is 0 Å². The molecule has 0 aromatic heterocycles. The number of rotatable bonds is 3. The Morgan fingerprint density at radius 3 is 2.48 bits per heavy atom. The van der Waals surface area contributed by atoms with Crippen LogP contribution in [0.2, 0.25) is 0 Å². The fourth-order valence-corrected chi connectivity index (χ4v) is 3.25. The first kappa shape index (κ1) is 16.1. The average Bonchev–Trinajstić information content (AvgIpc) is 2.56. The second kappa shape index (κ2) is 7.18. The molecule has 1 N–H and O–H groups in total. The van der Waals surface area contributed by atoms with Crippen molar-refractivity contribution in [3.8, 4) is 0 Å². The molecule has 0 saturated carbocycles. The lowest BCUT2D eigenvalue weighted by Crippen LogP contribution is -2.32. The molecule has 0 unspecified atom stereocenters. The first-order chi connectivity index (χ1) is 11.1. The Morgan fingerprint density at radius 2 is 1.83 bits per heavy atom. The lowest BCUT2D eigenvalue weighted by atomic mass is 9.99. The smallest absolute Gasteiger partial charge is 0.255 e. The molecule has 3 nitrogen and oxygen atoms in total. The molecule has 0 aliphatic carbocycles. The molecule has 1 amide bonds. The molecule has 1 fully saturated rings. The molecule has 120 valence electrons. The minimum absolute atomic E-state index is 0.0918. The van der Waals surface area contributed by atoms with Gasteiger partial charge in [-0.2, -0.15) is 0 Å². The summed E-state index contributed by atoms with van der Waals surface area (Å²) in [6.07, 6.45) is 2.50. The van der Waals surface area contributed by atoms with Crippen molar-refractivity contribution in [3.63, 3.8) is 0 Å². The van der Waals surface area contributed by atoms with Gasteiger partial charge in [-0.3, -0.25) is 4.79 Å². The van der Waals surface area contributed by atoms with Crippen molar-refractivity contribution in [2.75, 3.05) is 23.3 Å². The molecular formula is C19H21BrN2O. The lowest BCUT2D eigenvalue weighted by molar-refractivity contribution is 0.102. The number of amides is 1. The predicted octanol–water partition coefficient (Wildman–Crippen LogP) is 4.94. The summed E-state index contributed by atoms with van der Waals surface area (Å²) in [5, 5.41) is 2.94. The molecule has 3 rings (SSSR count). The third-order valence-electron chi connectivity index (χ3n) is 4.36. The van der Waals surface area contributed by atoms with E-state index in [9.17, 15) is 4.79 Å². The second-order valence-electron chi connectivity index (χ2n) is 6.18. The summed E-state index contributed by atoms with van der Waals surface area (Å²) in [5.74, 6) is 0.737. The molecular weight excluding hydrogens is 352 g/mol. The van der Waals surface area contributed by atoms with Crippen LogP contribution in [0.4, 0.5) is 11.4 Å². The van der Waals surface area contributed by atoms with Crippen LogP contribution < -0.4 is 10.2 Å². The van der Waals surface area contributed by atoms with E-state index in [1.807, 2.05) is 36.4 Å². The average molecular weight is 373 g/mol. The number of benzene rings is 2. The molecule has 23 heavy (non-hydrogen) atoms. The number of halogens is 1. The Kier molecular flexibility index (Phi) is 5.01. The van der Waals surface area contributed by atoms with Crippen molar-refractivity contribution in [2.24, 2.45) is 5.92 Å². The zero-order valence-corrected chi connectivity index (χ0v) is 14.8. The van der Waals surface area contributed by atoms with Crippen molar-refractivity contribution < 1.29 is 4.79 Å². The van der Waals surface area contributed by atoms with Gasteiger partial charge in [0.05, 0.1) is 0 Å². The van der Waals surface area contributed by atoms with E-state index in [1.165, 1.54) is 18.5 Å². The number of nitrogens with one attached hydrogen (secondary N) is 1. The van der Waals surface area contributed by atoms with E-state index in [4.69, 9.17) is 0 Å². The molecule has 0 bridgehead atoms. The van der Waals surface area contributed by atoms with Crippen LogP contribution in [0.1, 0.15) is 30.1 Å². The molecule has 2 aromatic rings. The van der Waals surface area contributed by atoms with Crippen molar-refractivity contribution in [1.82, 2.24) is 0 Å². The van der Waals surface area contributed by atoms with Crippen molar-refractivity contribution in [3.05, 3.63) is 58.6 Å². The summed E-state index contributed by atoms with van der Waals surface area (Å²) in [6.45, 7) is 4.55. The van der Waals surface area contributed by atoms with Gasteiger partial charge in [-0.1, -0.05) is 28.9 Å². The van der Waals surface area contributed by atoms with Crippen LogP contribution in [-0.2, 0) is 0 Å². The molecule has 1 aliphatic heterocycles. The maximum Gasteiger partial charge on any atom is 0.255 e. The summed E-state index contributed by atoms with van der Waals surface area (Å²) in [6, 6.07) is 15.5. The van der Waals surface area contributed by atoms with E-state index < -0.39 is 0 Å². The molecule has 0 radical (unpaired) electrons. The van der Waals surface area contributed by atoms with Gasteiger partial charge < -0.3 is 10.2 Å². The van der Waals surface area contributed by atoms with Crippen LogP contribution in [0.3, 0.4) is 0 Å². The Morgan fingerprint density at radius 1 is 1.13 bits per heavy atom. The molecule has 1 aliphatic rings. The van der Waals surface area contributed by atoms with Gasteiger partial charge in [-0.05, 0) is 61.2 Å². The lowest BCUT2D eigenvalue weighted by Gasteiger charge is -2.32. The zero-order chi connectivity index (χ0) is 16.2. The topological polar surface area (TPSA) is 32.3 Å². The number of piperidine rings is 1. The van der Waals surface area contributed by atoms with Gasteiger partial charge >= 0.3 is 0 Å². The maximum atomic E-state index is 12.2. The number of carbonyl (C=O) groups is 1. The minimum Gasteiger partial charge on any atom is -0.372 e. The molecule has 0 spiro atoms. The molecule has 0 atom stereocenters. The Bertz CT molecular complexity index is 676. The SMILES string of the molecule is CC1CCN(c2ccc(NC(=O)c3cccc(Br)c3)cc2)CC1. The number of nitrogens with zero attached hydrogens (tertiary/aromatic N) is 1. The first-order valence-electron chi connectivity index (χ1n) is 8.04. The summed E-state index contributed by atoms with van der Waals surface area (Å²) < 4.78 is 0.903. The number of hydrogen-bond donors (Lipinski definition) is 1. The van der Waals surface area contributed by atoms with Crippen molar-refractivity contribution in [2.45, 2.75) is 19.8 Å². The molecule has 4 heteroatoms. The Balaban J connectivity index is 1.64. The summed E-state index contributed by atoms with van der Waals surface area (Å²) in [5.41, 5.74) is 2.70. The highest BCUT2D eigenvalue weighted by molar-refractivity contribution is 9.10. The fourth-order valence-electron chi connectivity index (χ4n) is 2.86. The van der Waals surface area contributed by atoms with Gasteiger partial charge in [0.1, 0.15) is 0 Å². The highest BCUT2D eigenvalue weighted by atomic mass is 79.9. The van der Waals surface area contributed by atoms with Gasteiger partial charge in [0, 0.05) is 34.5 Å². The normalized spacial score (nSPS) is 15.5. The summed E-state index contributed by atoms with van der Waals surface area (Å²) in [7, 11) is 0. The summed E-state index contributed by atoms with van der Waals surface area (Å²) in [4.78, 5) is 14.7. The van der Waals surface area contributed by atoms with E-state index in [1.54, 1.807) is 0 Å². The third-order valence-corrected chi connectivity index (χ3v) is 4.85. The zero-order valence-electron chi connectivity index (χ0n) is 13.3. The van der Waals surface area contributed by atoms with Crippen LogP contribution in [0, 0.1) is 5.92 Å². The molecule has 2 aromatic carbocycles. The van der Waals surface area contributed by atoms with E-state index >= 15 is 0 Å². The van der Waals surface area contributed by atoms with Gasteiger partial charge in [0.25, 0.3) is 5.91 Å². The van der Waals surface area contributed by atoms with Crippen molar-refractivity contribution >= 4 is 33.2 Å². The van der Waals surface area contributed by atoms with Gasteiger partial charge in [-0.25, -0.2) is 0 Å². The second-order valence-corrected chi connectivity index (χ2v) is 7.10. The Hall–Kier alpha value is -1.81. The van der Waals surface area contributed by atoms with Crippen LogP contribution in [0.15, 0.2) is 53.0 Å². The van der Waals surface area contributed by atoms with Crippen molar-refractivity contribution in [1.29, 1.82) is 0 Å². The van der Waals surface area contributed by atoms with Gasteiger partial charge in [-0.15, -0.1) is 0 Å². The number of carbonyl (C=O) groups excluding carboxylic acids is 1. The van der Waals surface area contributed by atoms with E-state index in [0.29, 0.717) is 5.56 Å². The predicted molar refractivity (Wildman–Crippen MR) is 99.1 cm³/mol. The van der Waals surface area contributed by atoms with E-state index in [2.05, 4.69) is 45.2 Å². The number of anilines is 2. The van der Waals surface area contributed by atoms with E-state index in [-0.39, 0.29) is 5.91 Å². The maximum absolute atomic E-state index is 12.2.